The minimum atomic E-state index is 0.783. The fraction of sp³-hybridized carbons (Fsp3) is 0.375. The highest BCUT2D eigenvalue weighted by atomic mass is 14.4. The molecule has 1 aromatic rings. The maximum Gasteiger partial charge on any atom is -0.00928 e. The molecule has 16 heavy (non-hydrogen) atoms. The monoisotopic (exact) mass is 210 g/mol. The summed E-state index contributed by atoms with van der Waals surface area (Å²) < 4.78 is 0. The first kappa shape index (κ1) is 9.89. The van der Waals surface area contributed by atoms with Crippen LogP contribution in [-0.2, 0) is 0 Å². The van der Waals surface area contributed by atoms with Gasteiger partial charge in [-0.1, -0.05) is 54.5 Å². The standard InChI is InChI=1S/C16H18/c1-12-10-14-8-5-9-15(14)16(11-12)13-6-3-2-4-7-13/h2-4,6-7,10-11,14-15H,5,8-9H2,1H3. The fourth-order valence-corrected chi connectivity index (χ4v) is 3.24. The van der Waals surface area contributed by atoms with E-state index in [1.807, 2.05) is 0 Å². The van der Waals surface area contributed by atoms with Gasteiger partial charge in [-0.25, -0.2) is 0 Å². The summed E-state index contributed by atoms with van der Waals surface area (Å²) in [5.74, 6) is 1.59. The number of allylic oxidation sites excluding steroid dienone is 4. The maximum atomic E-state index is 2.48. The zero-order chi connectivity index (χ0) is 11.0. The second-order valence-electron chi connectivity index (χ2n) is 5.08. The molecule has 3 rings (SSSR count). The zero-order valence-electron chi connectivity index (χ0n) is 9.82. The molecule has 0 nitrogen and oxygen atoms in total. The molecule has 0 N–H and O–H groups in total. The number of hydrogen-bond donors (Lipinski definition) is 0. The van der Waals surface area contributed by atoms with Gasteiger partial charge in [-0.05, 0) is 42.7 Å². The largest absolute Gasteiger partial charge is 0.0779 e. The number of benzene rings is 1. The first-order valence-electron chi connectivity index (χ1n) is 6.30. The van der Waals surface area contributed by atoms with Gasteiger partial charge in [0.2, 0.25) is 0 Å². The molecule has 0 aliphatic heterocycles. The normalized spacial score (nSPS) is 28.3. The van der Waals surface area contributed by atoms with Gasteiger partial charge in [0.25, 0.3) is 0 Å². The van der Waals surface area contributed by atoms with Gasteiger partial charge in [0.15, 0.2) is 0 Å². The van der Waals surface area contributed by atoms with Crippen LogP contribution in [0.3, 0.4) is 0 Å². The van der Waals surface area contributed by atoms with Crippen LogP contribution in [0.25, 0.3) is 5.57 Å². The third kappa shape index (κ3) is 1.63. The summed E-state index contributed by atoms with van der Waals surface area (Å²) in [4.78, 5) is 0. The smallest absolute Gasteiger partial charge is 0.00928 e. The Bertz CT molecular complexity index is 436. The third-order valence-corrected chi connectivity index (χ3v) is 3.94. The van der Waals surface area contributed by atoms with Crippen LogP contribution in [-0.4, -0.2) is 0 Å². The topological polar surface area (TPSA) is 0 Å². The van der Waals surface area contributed by atoms with Crippen molar-refractivity contribution in [1.82, 2.24) is 0 Å². The second kappa shape index (κ2) is 3.93. The lowest BCUT2D eigenvalue weighted by Gasteiger charge is -2.25. The van der Waals surface area contributed by atoms with E-state index in [0.29, 0.717) is 0 Å². The highest BCUT2D eigenvalue weighted by Gasteiger charge is 2.31. The number of fused-ring (bicyclic) bond motifs is 1. The Morgan fingerprint density at radius 2 is 1.88 bits per heavy atom. The molecule has 0 amide bonds. The van der Waals surface area contributed by atoms with Crippen molar-refractivity contribution in [3.8, 4) is 0 Å². The van der Waals surface area contributed by atoms with Gasteiger partial charge in [0.05, 0.1) is 0 Å². The minimum Gasteiger partial charge on any atom is -0.0779 e. The zero-order valence-corrected chi connectivity index (χ0v) is 9.82. The van der Waals surface area contributed by atoms with Gasteiger partial charge in [0.1, 0.15) is 0 Å². The highest BCUT2D eigenvalue weighted by molar-refractivity contribution is 5.72. The molecule has 2 atom stereocenters. The van der Waals surface area contributed by atoms with E-state index in [1.165, 1.54) is 30.4 Å². The summed E-state index contributed by atoms with van der Waals surface area (Å²) in [7, 11) is 0. The Labute approximate surface area is 97.7 Å². The predicted molar refractivity (Wildman–Crippen MR) is 69.0 cm³/mol. The lowest BCUT2D eigenvalue weighted by atomic mass is 9.79. The van der Waals surface area contributed by atoms with E-state index in [9.17, 15) is 0 Å². The van der Waals surface area contributed by atoms with Crippen LogP contribution in [0.1, 0.15) is 31.7 Å². The van der Waals surface area contributed by atoms with Crippen molar-refractivity contribution in [1.29, 1.82) is 0 Å². The van der Waals surface area contributed by atoms with E-state index >= 15 is 0 Å². The summed E-state index contributed by atoms with van der Waals surface area (Å²) in [6, 6.07) is 10.9. The van der Waals surface area contributed by atoms with Crippen LogP contribution in [0.4, 0.5) is 0 Å². The molecule has 2 unspecified atom stereocenters. The summed E-state index contributed by atoms with van der Waals surface area (Å²) in [5.41, 5.74) is 4.44. The van der Waals surface area contributed by atoms with Crippen LogP contribution in [0.5, 0.6) is 0 Å². The molecule has 0 saturated heterocycles. The quantitative estimate of drug-likeness (QED) is 0.642. The fourth-order valence-electron chi connectivity index (χ4n) is 3.24. The molecule has 0 aromatic heterocycles. The van der Waals surface area contributed by atoms with Crippen molar-refractivity contribution in [3.05, 3.63) is 53.6 Å². The molecule has 0 heteroatoms. The van der Waals surface area contributed by atoms with Crippen molar-refractivity contribution >= 4 is 5.57 Å². The molecule has 2 aliphatic carbocycles. The van der Waals surface area contributed by atoms with E-state index < -0.39 is 0 Å². The summed E-state index contributed by atoms with van der Waals surface area (Å²) in [6.45, 7) is 2.23. The Balaban J connectivity index is 2.03. The van der Waals surface area contributed by atoms with Gasteiger partial charge in [-0.15, -0.1) is 0 Å². The molecule has 0 spiro atoms. The van der Waals surface area contributed by atoms with Crippen molar-refractivity contribution in [2.75, 3.05) is 0 Å². The second-order valence-corrected chi connectivity index (χ2v) is 5.08. The van der Waals surface area contributed by atoms with Crippen LogP contribution in [0.15, 0.2) is 48.1 Å². The molecule has 0 bridgehead atoms. The van der Waals surface area contributed by atoms with E-state index in [4.69, 9.17) is 0 Å². The molecule has 1 fully saturated rings. The average molecular weight is 210 g/mol. The molecule has 0 heterocycles. The molecular weight excluding hydrogens is 192 g/mol. The van der Waals surface area contributed by atoms with Gasteiger partial charge in [-0.2, -0.15) is 0 Å². The van der Waals surface area contributed by atoms with Crippen LogP contribution < -0.4 is 0 Å². The Hall–Kier alpha value is -1.30. The van der Waals surface area contributed by atoms with Crippen LogP contribution >= 0.6 is 0 Å². The summed E-state index contributed by atoms with van der Waals surface area (Å²) in [5, 5.41) is 0. The first-order chi connectivity index (χ1) is 7.84. The van der Waals surface area contributed by atoms with E-state index in [0.717, 1.165) is 11.8 Å². The molecular formula is C16H18. The van der Waals surface area contributed by atoms with Crippen LogP contribution in [0, 0.1) is 11.8 Å². The van der Waals surface area contributed by atoms with E-state index in [1.54, 1.807) is 5.57 Å². The van der Waals surface area contributed by atoms with Gasteiger partial charge in [-0.3, -0.25) is 0 Å². The van der Waals surface area contributed by atoms with Crippen molar-refractivity contribution in [2.24, 2.45) is 11.8 Å². The molecule has 0 radical (unpaired) electrons. The van der Waals surface area contributed by atoms with Crippen molar-refractivity contribution in [2.45, 2.75) is 26.2 Å². The lowest BCUT2D eigenvalue weighted by molar-refractivity contribution is 0.564. The molecule has 82 valence electrons. The Kier molecular flexibility index (Phi) is 2.43. The van der Waals surface area contributed by atoms with Gasteiger partial charge in [0, 0.05) is 0 Å². The maximum absolute atomic E-state index is 2.48. The lowest BCUT2D eigenvalue weighted by Crippen LogP contribution is -2.12. The van der Waals surface area contributed by atoms with Crippen molar-refractivity contribution < 1.29 is 0 Å². The summed E-state index contributed by atoms with van der Waals surface area (Å²) >= 11 is 0. The minimum absolute atomic E-state index is 0.783. The van der Waals surface area contributed by atoms with E-state index in [2.05, 4.69) is 49.4 Å². The number of rotatable bonds is 1. The molecule has 1 saturated carbocycles. The molecule has 1 aromatic carbocycles. The Morgan fingerprint density at radius 1 is 1.06 bits per heavy atom. The molecule has 2 aliphatic rings. The highest BCUT2D eigenvalue weighted by Crippen LogP contribution is 2.45. The SMILES string of the molecule is CC1=CC2CCCC2C(c2ccccc2)=C1. The average Bonchev–Trinajstić information content (AvgIpc) is 2.77. The van der Waals surface area contributed by atoms with Crippen LogP contribution in [0.2, 0.25) is 0 Å². The predicted octanol–water partition coefficient (Wildman–Crippen LogP) is 4.45. The van der Waals surface area contributed by atoms with Crippen molar-refractivity contribution in [3.63, 3.8) is 0 Å². The number of hydrogen-bond acceptors (Lipinski definition) is 0. The Morgan fingerprint density at radius 3 is 2.69 bits per heavy atom. The van der Waals surface area contributed by atoms with Gasteiger partial charge >= 0.3 is 0 Å². The van der Waals surface area contributed by atoms with E-state index in [-0.39, 0.29) is 0 Å². The first-order valence-corrected chi connectivity index (χ1v) is 6.30. The third-order valence-electron chi connectivity index (χ3n) is 3.94. The summed E-state index contributed by atoms with van der Waals surface area (Å²) in [6.07, 6.45) is 9.01. The van der Waals surface area contributed by atoms with Gasteiger partial charge < -0.3 is 0 Å².